The van der Waals surface area contributed by atoms with E-state index >= 15 is 0 Å². The van der Waals surface area contributed by atoms with Crippen LogP contribution in [0.4, 0.5) is 0 Å². The van der Waals surface area contributed by atoms with Crippen molar-refractivity contribution in [2.75, 3.05) is 13.1 Å². The maximum absolute atomic E-state index is 11.9. The molecule has 0 saturated carbocycles. The molecule has 2 heterocycles. The van der Waals surface area contributed by atoms with Gasteiger partial charge in [0.2, 0.25) is 0 Å². The lowest BCUT2D eigenvalue weighted by Crippen LogP contribution is -2.27. The van der Waals surface area contributed by atoms with Gasteiger partial charge in [-0.15, -0.1) is 0 Å². The van der Waals surface area contributed by atoms with Crippen LogP contribution in [0, 0.1) is 0 Å². The van der Waals surface area contributed by atoms with Crippen molar-refractivity contribution in [1.82, 2.24) is 10.3 Å². The maximum Gasteiger partial charge on any atom is 0.275 e. The number of nitrogens with one attached hydrogen (secondary N) is 1. The number of likely N-dealkylation sites (tertiary alicyclic amines) is 1. The Hall–Kier alpha value is -2.10. The summed E-state index contributed by atoms with van der Waals surface area (Å²) >= 11 is 0. The molecule has 4 nitrogen and oxygen atoms in total. The smallest absolute Gasteiger partial charge is 0.275 e. The van der Waals surface area contributed by atoms with Crippen molar-refractivity contribution in [2.24, 2.45) is 5.10 Å². The Bertz CT molecular complexity index is 528. The number of hydrazone groups is 1. The molecule has 0 atom stereocenters. The van der Waals surface area contributed by atoms with Gasteiger partial charge < -0.3 is 4.90 Å². The average Bonchev–Trinajstić information content (AvgIpc) is 2.82. The number of benzene rings is 1. The molecule has 1 amide bonds. The first-order valence-electron chi connectivity index (χ1n) is 6.74. The summed E-state index contributed by atoms with van der Waals surface area (Å²) in [7, 11) is 0. The zero-order valence-electron chi connectivity index (χ0n) is 10.8. The minimum atomic E-state index is -0.107. The van der Waals surface area contributed by atoms with Gasteiger partial charge in [0.15, 0.2) is 0 Å². The van der Waals surface area contributed by atoms with Crippen LogP contribution in [0.15, 0.2) is 47.2 Å². The van der Waals surface area contributed by atoms with E-state index in [9.17, 15) is 4.79 Å². The first-order valence-corrected chi connectivity index (χ1v) is 6.74. The van der Waals surface area contributed by atoms with E-state index in [1.54, 1.807) is 0 Å². The highest BCUT2D eigenvalue weighted by Gasteiger charge is 2.24. The molecule has 1 saturated heterocycles. The lowest BCUT2D eigenvalue weighted by atomic mass is 10.0. The first-order chi connectivity index (χ1) is 9.34. The van der Waals surface area contributed by atoms with Crippen LogP contribution in [0.3, 0.4) is 0 Å². The van der Waals surface area contributed by atoms with E-state index in [2.05, 4.69) is 15.4 Å². The van der Waals surface area contributed by atoms with E-state index in [1.165, 1.54) is 19.3 Å². The third-order valence-electron chi connectivity index (χ3n) is 3.52. The van der Waals surface area contributed by atoms with E-state index < -0.39 is 0 Å². The molecule has 0 aromatic heterocycles. The fourth-order valence-corrected chi connectivity index (χ4v) is 2.50. The molecule has 0 bridgehead atoms. The van der Waals surface area contributed by atoms with E-state index in [-0.39, 0.29) is 5.91 Å². The second-order valence-corrected chi connectivity index (χ2v) is 4.91. The van der Waals surface area contributed by atoms with Crippen LogP contribution in [0.2, 0.25) is 0 Å². The molecule has 4 heteroatoms. The Morgan fingerprint density at radius 2 is 1.84 bits per heavy atom. The quantitative estimate of drug-likeness (QED) is 0.820. The molecular formula is C15H17N3O. The lowest BCUT2D eigenvalue weighted by molar-refractivity contribution is -0.116. The standard InChI is InChI=1S/C15H17N3O/c19-15-13(11-18-9-5-2-6-10-18)14(16-17-15)12-7-3-1-4-8-12/h1,3-4,7-8,11H,2,5-6,9-10H2,(H,17,19)/b13-11-. The number of hydrogen-bond acceptors (Lipinski definition) is 3. The largest absolute Gasteiger partial charge is 0.377 e. The fraction of sp³-hybridized carbons (Fsp3) is 0.333. The normalized spacial score (nSPS) is 21.5. The summed E-state index contributed by atoms with van der Waals surface area (Å²) in [4.78, 5) is 14.1. The highest BCUT2D eigenvalue weighted by atomic mass is 16.2. The molecular weight excluding hydrogens is 238 g/mol. The van der Waals surface area contributed by atoms with Gasteiger partial charge in [-0.25, -0.2) is 5.43 Å². The summed E-state index contributed by atoms with van der Waals surface area (Å²) in [5.74, 6) is -0.107. The van der Waals surface area contributed by atoms with Crippen molar-refractivity contribution < 1.29 is 4.79 Å². The molecule has 3 rings (SSSR count). The SMILES string of the molecule is O=C1NN=C(c2ccccc2)/C1=C/N1CCCCC1. The monoisotopic (exact) mass is 255 g/mol. The molecule has 1 fully saturated rings. The molecule has 1 aromatic rings. The van der Waals surface area contributed by atoms with Crippen molar-refractivity contribution in [3.05, 3.63) is 47.7 Å². The Balaban J connectivity index is 1.88. The summed E-state index contributed by atoms with van der Waals surface area (Å²) in [6.45, 7) is 2.05. The van der Waals surface area contributed by atoms with Crippen molar-refractivity contribution in [1.29, 1.82) is 0 Å². The van der Waals surface area contributed by atoms with Crippen LogP contribution < -0.4 is 5.43 Å². The highest BCUT2D eigenvalue weighted by molar-refractivity contribution is 6.30. The fourth-order valence-electron chi connectivity index (χ4n) is 2.50. The molecule has 0 radical (unpaired) electrons. The van der Waals surface area contributed by atoms with Gasteiger partial charge in [-0.05, 0) is 19.3 Å². The summed E-state index contributed by atoms with van der Waals surface area (Å²) in [5.41, 5.74) is 4.96. The zero-order chi connectivity index (χ0) is 13.1. The average molecular weight is 255 g/mol. The highest BCUT2D eigenvalue weighted by Crippen LogP contribution is 2.17. The number of piperidine rings is 1. The number of rotatable bonds is 2. The van der Waals surface area contributed by atoms with Crippen LogP contribution in [-0.2, 0) is 4.79 Å². The number of amides is 1. The summed E-state index contributed by atoms with van der Waals surface area (Å²) < 4.78 is 0. The topological polar surface area (TPSA) is 44.7 Å². The van der Waals surface area contributed by atoms with Crippen LogP contribution in [0.25, 0.3) is 0 Å². The predicted octanol–water partition coefficient (Wildman–Crippen LogP) is 1.89. The molecule has 2 aliphatic heterocycles. The van der Waals surface area contributed by atoms with Gasteiger partial charge in [-0.1, -0.05) is 30.3 Å². The van der Waals surface area contributed by atoms with E-state index in [0.717, 1.165) is 24.4 Å². The summed E-state index contributed by atoms with van der Waals surface area (Å²) in [6, 6.07) is 9.83. The number of hydrogen-bond donors (Lipinski definition) is 1. The zero-order valence-corrected chi connectivity index (χ0v) is 10.8. The van der Waals surface area contributed by atoms with Gasteiger partial charge in [-0.3, -0.25) is 4.79 Å². The van der Waals surface area contributed by atoms with Gasteiger partial charge >= 0.3 is 0 Å². The minimum Gasteiger partial charge on any atom is -0.377 e. The lowest BCUT2D eigenvalue weighted by Gasteiger charge is -2.25. The van der Waals surface area contributed by atoms with Crippen molar-refractivity contribution in [3.8, 4) is 0 Å². The third kappa shape index (κ3) is 2.52. The summed E-state index contributed by atoms with van der Waals surface area (Å²) in [5, 5.41) is 4.16. The molecule has 1 N–H and O–H groups in total. The van der Waals surface area contributed by atoms with Crippen LogP contribution >= 0.6 is 0 Å². The molecule has 1 aromatic carbocycles. The van der Waals surface area contributed by atoms with Gasteiger partial charge in [0.05, 0.1) is 5.57 Å². The molecule has 0 unspecified atom stereocenters. The molecule has 0 aliphatic carbocycles. The first kappa shape index (κ1) is 12.0. The number of carbonyl (C=O) groups is 1. The van der Waals surface area contributed by atoms with E-state index in [4.69, 9.17) is 0 Å². The summed E-state index contributed by atoms with van der Waals surface area (Å²) in [6.07, 6.45) is 5.64. The Morgan fingerprint density at radius 3 is 2.58 bits per heavy atom. The van der Waals surface area contributed by atoms with Crippen LogP contribution in [0.1, 0.15) is 24.8 Å². The Labute approximate surface area is 112 Å². The van der Waals surface area contributed by atoms with Crippen LogP contribution in [-0.4, -0.2) is 29.6 Å². The van der Waals surface area contributed by atoms with Gasteiger partial charge in [0.25, 0.3) is 5.91 Å². The predicted molar refractivity (Wildman–Crippen MR) is 74.6 cm³/mol. The minimum absolute atomic E-state index is 0.107. The van der Waals surface area contributed by atoms with Gasteiger partial charge in [-0.2, -0.15) is 5.10 Å². The number of carbonyl (C=O) groups excluding carboxylic acids is 1. The van der Waals surface area contributed by atoms with E-state index in [1.807, 2.05) is 36.5 Å². The number of nitrogens with zero attached hydrogens (tertiary/aromatic N) is 2. The molecule has 0 spiro atoms. The Kier molecular flexibility index (Phi) is 3.31. The Morgan fingerprint density at radius 1 is 1.11 bits per heavy atom. The molecule has 2 aliphatic rings. The second kappa shape index (κ2) is 5.26. The second-order valence-electron chi connectivity index (χ2n) is 4.91. The third-order valence-corrected chi connectivity index (χ3v) is 3.52. The van der Waals surface area contributed by atoms with Gasteiger partial charge in [0.1, 0.15) is 5.71 Å². The van der Waals surface area contributed by atoms with Crippen LogP contribution in [0.5, 0.6) is 0 Å². The van der Waals surface area contributed by atoms with E-state index in [0.29, 0.717) is 5.57 Å². The van der Waals surface area contributed by atoms with Gasteiger partial charge in [0, 0.05) is 24.9 Å². The van der Waals surface area contributed by atoms with Crippen molar-refractivity contribution in [2.45, 2.75) is 19.3 Å². The van der Waals surface area contributed by atoms with Crippen molar-refractivity contribution in [3.63, 3.8) is 0 Å². The maximum atomic E-state index is 11.9. The molecule has 98 valence electrons. The van der Waals surface area contributed by atoms with Crippen molar-refractivity contribution >= 4 is 11.6 Å². The molecule has 19 heavy (non-hydrogen) atoms.